The predicted molar refractivity (Wildman–Crippen MR) is 233 cm³/mol. The number of rotatable bonds is 11. The van der Waals surface area contributed by atoms with Crippen LogP contribution in [0.5, 0.6) is 5.75 Å². The molecule has 6 rings (SSSR count). The number of anilines is 2. The fourth-order valence-electron chi connectivity index (χ4n) is 7.87. The van der Waals surface area contributed by atoms with Crippen molar-refractivity contribution in [2.75, 3.05) is 49.8 Å². The van der Waals surface area contributed by atoms with Crippen LogP contribution in [0, 0.1) is 11.3 Å². The van der Waals surface area contributed by atoms with E-state index < -0.39 is 62.6 Å². The molecule has 64 heavy (non-hydrogen) atoms. The normalized spacial score (nSPS) is 18.8. The van der Waals surface area contributed by atoms with Crippen LogP contribution in [0.25, 0.3) is 22.4 Å². The number of benzene rings is 2. The van der Waals surface area contributed by atoms with Gasteiger partial charge in [0.1, 0.15) is 23.4 Å². The molecule has 16 nitrogen and oxygen atoms in total. The van der Waals surface area contributed by atoms with E-state index in [1.165, 1.54) is 36.5 Å². The molecule has 2 aromatic heterocycles. The summed E-state index contributed by atoms with van der Waals surface area (Å²) < 4.78 is 75.6. The summed E-state index contributed by atoms with van der Waals surface area (Å²) in [4.78, 5) is 69.5. The Morgan fingerprint density at radius 1 is 0.922 bits per heavy atom. The van der Waals surface area contributed by atoms with Gasteiger partial charge in [-0.1, -0.05) is 58.9 Å². The highest BCUT2D eigenvalue weighted by Gasteiger charge is 2.45. The third-order valence-corrected chi connectivity index (χ3v) is 12.8. The van der Waals surface area contributed by atoms with Crippen LogP contribution in [-0.4, -0.2) is 120 Å². The molecule has 2 fully saturated rings. The summed E-state index contributed by atoms with van der Waals surface area (Å²) in [6.45, 7) is 12.7. The van der Waals surface area contributed by atoms with E-state index in [1.807, 2.05) is 32.6 Å². The van der Waals surface area contributed by atoms with E-state index >= 15 is 0 Å². The van der Waals surface area contributed by atoms with E-state index in [-0.39, 0.29) is 42.0 Å². The number of alkyl carbamates (subject to hydrolysis) is 1. The molecule has 4 amide bonds. The number of likely N-dealkylation sites (tertiary alicyclic amines) is 1. The largest absolute Gasteiger partial charge is 0.573 e. The van der Waals surface area contributed by atoms with Crippen molar-refractivity contribution in [2.24, 2.45) is 11.3 Å². The number of alkyl halides is 3. The second kappa shape index (κ2) is 18.5. The molecule has 4 heterocycles. The standard InChI is InChI=1S/C44H53F3N8O8S/c1-25(2)37(52-42(59)62-7)40(57)55-24-31(64(8,60)61)20-34(55)38-49-22-33(51-38)28-11-9-27(10-12-28)32-15-13-29(19-35(32)63-44(45,46)47)39(56)50-30-14-16-36(48-21-30)54-18-17-53(23-26(54)3)41(58)43(4,5)6/h9-16,19,21-22,25-26,31,34,37H,17-18,20,23-24H2,1-8H3,(H,49,51)(H,50,56)(H,52,59)/t26-,31+,34+,37+/m1/s1. The van der Waals surface area contributed by atoms with Crippen molar-refractivity contribution >= 4 is 45.2 Å². The maximum Gasteiger partial charge on any atom is 0.573 e. The van der Waals surface area contributed by atoms with Crippen LogP contribution >= 0.6 is 0 Å². The van der Waals surface area contributed by atoms with Gasteiger partial charge >= 0.3 is 12.5 Å². The summed E-state index contributed by atoms with van der Waals surface area (Å²) in [7, 11) is -2.40. The molecule has 344 valence electrons. The van der Waals surface area contributed by atoms with Crippen LogP contribution in [-0.2, 0) is 24.2 Å². The number of nitrogens with one attached hydrogen (secondary N) is 3. The average molecular weight is 911 g/mol. The number of sulfone groups is 1. The number of halogens is 3. The first-order valence-corrected chi connectivity index (χ1v) is 22.6. The first-order valence-electron chi connectivity index (χ1n) is 20.7. The van der Waals surface area contributed by atoms with Gasteiger partial charge in [-0.25, -0.2) is 23.2 Å². The van der Waals surface area contributed by atoms with Crippen molar-refractivity contribution in [3.05, 3.63) is 78.4 Å². The second-order valence-corrected chi connectivity index (χ2v) is 19.8. The number of piperazine rings is 1. The minimum Gasteiger partial charge on any atom is -0.453 e. The van der Waals surface area contributed by atoms with E-state index in [1.54, 1.807) is 50.2 Å². The lowest BCUT2D eigenvalue weighted by atomic mass is 9.94. The number of H-pyrrole nitrogens is 1. The van der Waals surface area contributed by atoms with Crippen LogP contribution in [0.3, 0.4) is 0 Å². The Bertz CT molecular complexity index is 2470. The minimum atomic E-state index is -5.07. The Labute approximate surface area is 369 Å². The number of pyridine rings is 1. The number of nitrogens with zero attached hydrogens (tertiary/aromatic N) is 5. The molecule has 2 aliphatic rings. The predicted octanol–water partition coefficient (Wildman–Crippen LogP) is 6.44. The number of imidazole rings is 1. The number of aromatic nitrogens is 3. The maximum atomic E-state index is 13.8. The lowest BCUT2D eigenvalue weighted by Crippen LogP contribution is -2.56. The Balaban J connectivity index is 1.17. The fraction of sp³-hybridized carbons (Fsp3) is 0.455. The van der Waals surface area contributed by atoms with Crippen molar-refractivity contribution in [2.45, 2.75) is 77.7 Å². The van der Waals surface area contributed by atoms with Crippen LogP contribution in [0.1, 0.15) is 70.2 Å². The molecule has 0 aliphatic carbocycles. The quantitative estimate of drug-likeness (QED) is 0.150. The van der Waals surface area contributed by atoms with Crippen LogP contribution < -0.4 is 20.3 Å². The lowest BCUT2D eigenvalue weighted by molar-refractivity contribution is -0.274. The van der Waals surface area contributed by atoms with Crippen LogP contribution in [0.2, 0.25) is 0 Å². The van der Waals surface area contributed by atoms with Crippen molar-refractivity contribution in [3.63, 3.8) is 0 Å². The Morgan fingerprint density at radius 2 is 1.61 bits per heavy atom. The number of methoxy groups -OCH3 is 1. The van der Waals surface area contributed by atoms with Crippen LogP contribution in [0.15, 0.2) is 67.0 Å². The van der Waals surface area contributed by atoms with Gasteiger partial charge in [0.15, 0.2) is 9.84 Å². The molecule has 2 aromatic carbocycles. The van der Waals surface area contributed by atoms with Gasteiger partial charge in [-0.2, -0.15) is 0 Å². The zero-order valence-corrected chi connectivity index (χ0v) is 37.6. The molecule has 2 aliphatic heterocycles. The zero-order chi connectivity index (χ0) is 46.9. The van der Waals surface area contributed by atoms with E-state index in [4.69, 9.17) is 4.74 Å². The number of hydrogen-bond acceptors (Lipinski definition) is 11. The lowest BCUT2D eigenvalue weighted by Gasteiger charge is -2.42. The molecular weight excluding hydrogens is 858 g/mol. The summed E-state index contributed by atoms with van der Waals surface area (Å²) in [6.07, 6.45) is -1.77. The molecule has 0 radical (unpaired) electrons. The number of ether oxygens (including phenoxy) is 2. The molecule has 0 spiro atoms. The van der Waals surface area contributed by atoms with E-state index in [2.05, 4.69) is 35.2 Å². The number of hydrogen-bond donors (Lipinski definition) is 3. The monoisotopic (exact) mass is 910 g/mol. The van der Waals surface area contributed by atoms with E-state index in [0.717, 1.165) is 12.3 Å². The molecule has 20 heteroatoms. The third kappa shape index (κ3) is 10.9. The van der Waals surface area contributed by atoms with Crippen molar-refractivity contribution in [1.82, 2.24) is 30.1 Å². The van der Waals surface area contributed by atoms with Gasteiger partial charge in [0.25, 0.3) is 5.91 Å². The third-order valence-electron chi connectivity index (χ3n) is 11.3. The Hall–Kier alpha value is -6.18. The summed E-state index contributed by atoms with van der Waals surface area (Å²) in [6, 6.07) is 11.8. The summed E-state index contributed by atoms with van der Waals surface area (Å²) in [5.41, 5.74) is 1.19. The molecule has 4 aromatic rings. The Kier molecular flexibility index (Phi) is 13.7. The summed E-state index contributed by atoms with van der Waals surface area (Å²) in [5.74, 6) is -1.12. The molecule has 2 saturated heterocycles. The highest BCUT2D eigenvalue weighted by molar-refractivity contribution is 7.91. The zero-order valence-electron chi connectivity index (χ0n) is 36.8. The smallest absolute Gasteiger partial charge is 0.453 e. The second-order valence-electron chi connectivity index (χ2n) is 17.5. The molecule has 0 saturated carbocycles. The first kappa shape index (κ1) is 47.3. The topological polar surface area (TPSA) is 196 Å². The highest BCUT2D eigenvalue weighted by Crippen LogP contribution is 2.38. The van der Waals surface area contributed by atoms with Gasteiger partial charge in [-0.3, -0.25) is 14.4 Å². The number of carbonyl (C=O) groups excluding carboxylic acids is 4. The maximum absolute atomic E-state index is 13.8. The van der Waals surface area contributed by atoms with E-state index in [0.29, 0.717) is 53.8 Å². The number of aromatic amines is 1. The molecule has 4 atom stereocenters. The molecule has 3 N–H and O–H groups in total. The Morgan fingerprint density at radius 3 is 2.19 bits per heavy atom. The molecular formula is C44H53F3N8O8S. The van der Waals surface area contributed by atoms with Crippen molar-refractivity contribution in [1.29, 1.82) is 0 Å². The molecule has 0 bridgehead atoms. The van der Waals surface area contributed by atoms with E-state index in [9.17, 15) is 40.8 Å². The number of carbonyl (C=O) groups is 4. The minimum absolute atomic E-state index is 0.0127. The van der Waals surface area contributed by atoms with Gasteiger partial charge in [0, 0.05) is 55.0 Å². The molecule has 0 unspecified atom stereocenters. The van der Waals surface area contributed by atoms with Gasteiger partial charge in [0.05, 0.1) is 42.2 Å². The first-order chi connectivity index (χ1) is 29.9. The van der Waals surface area contributed by atoms with Gasteiger partial charge < -0.3 is 39.8 Å². The SMILES string of the molecule is COC(=O)N[C@H](C(=O)N1C[C@@H](S(C)(=O)=O)C[C@H]1c1ncc(-c2ccc(-c3ccc(C(=O)Nc4ccc(N5CCN(C(=O)C(C)(C)C)C[C@H]5C)nc4)cc3OC(F)(F)F)cc2)[nH]1)C(C)C. The fourth-order valence-corrected chi connectivity index (χ4v) is 8.83. The average Bonchev–Trinajstić information content (AvgIpc) is 3.91. The summed E-state index contributed by atoms with van der Waals surface area (Å²) >= 11 is 0. The van der Waals surface area contributed by atoms with Crippen molar-refractivity contribution < 1.29 is 50.2 Å². The van der Waals surface area contributed by atoms with Gasteiger partial charge in [-0.15, -0.1) is 13.2 Å². The number of amides is 4. The van der Waals surface area contributed by atoms with Crippen molar-refractivity contribution in [3.8, 4) is 28.1 Å². The highest BCUT2D eigenvalue weighted by atomic mass is 32.2. The van der Waals surface area contributed by atoms with Crippen LogP contribution in [0.4, 0.5) is 29.5 Å². The van der Waals surface area contributed by atoms with Gasteiger partial charge in [0.2, 0.25) is 11.8 Å². The van der Waals surface area contributed by atoms with Gasteiger partial charge in [-0.05, 0) is 60.7 Å². The summed E-state index contributed by atoms with van der Waals surface area (Å²) in [5, 5.41) is 4.33.